The molecule has 6 heteroatoms. The highest BCUT2D eigenvalue weighted by molar-refractivity contribution is 5.78. The maximum atomic E-state index is 12.7. The van der Waals surface area contributed by atoms with Crippen molar-refractivity contribution in [1.82, 2.24) is 24.3 Å². The molecule has 3 heterocycles. The van der Waals surface area contributed by atoms with Crippen LogP contribution in [0.3, 0.4) is 0 Å². The highest BCUT2D eigenvalue weighted by Crippen LogP contribution is 2.15. The van der Waals surface area contributed by atoms with Crippen molar-refractivity contribution in [3.8, 4) is 0 Å². The first kappa shape index (κ1) is 13.2. The molecule has 0 saturated carbocycles. The van der Waals surface area contributed by atoms with Gasteiger partial charge >= 0.3 is 0 Å². The molecule has 0 unspecified atom stereocenters. The van der Waals surface area contributed by atoms with Crippen molar-refractivity contribution < 1.29 is 0 Å². The van der Waals surface area contributed by atoms with E-state index in [1.54, 1.807) is 10.9 Å². The van der Waals surface area contributed by atoms with Gasteiger partial charge in [-0.1, -0.05) is 13.0 Å². The summed E-state index contributed by atoms with van der Waals surface area (Å²) in [6.07, 6.45) is 4.58. The fraction of sp³-hybridized carbons (Fsp3) is 0.375. The zero-order valence-electron chi connectivity index (χ0n) is 12.5. The van der Waals surface area contributed by atoms with Crippen molar-refractivity contribution in [2.45, 2.75) is 39.3 Å². The maximum Gasteiger partial charge on any atom is 0.261 e. The average Bonchev–Trinajstić information content (AvgIpc) is 3.14. The number of nitrogens with zero attached hydrogens (tertiary/aromatic N) is 5. The van der Waals surface area contributed by atoms with E-state index in [1.165, 1.54) is 0 Å². The van der Waals surface area contributed by atoms with Crippen LogP contribution in [0.25, 0.3) is 10.9 Å². The third kappa shape index (κ3) is 2.03. The minimum atomic E-state index is -0.0179. The van der Waals surface area contributed by atoms with Gasteiger partial charge < -0.3 is 4.57 Å². The van der Waals surface area contributed by atoms with E-state index >= 15 is 0 Å². The Morgan fingerprint density at radius 3 is 3.05 bits per heavy atom. The predicted molar refractivity (Wildman–Crippen MR) is 82.8 cm³/mol. The smallest absolute Gasteiger partial charge is 0.261 e. The molecule has 4 rings (SSSR count). The molecular weight excluding hydrogens is 278 g/mol. The molecule has 3 aromatic rings. The Balaban J connectivity index is 1.78. The van der Waals surface area contributed by atoms with Gasteiger partial charge in [-0.25, -0.2) is 4.98 Å². The van der Waals surface area contributed by atoms with Crippen molar-refractivity contribution in [2.75, 3.05) is 0 Å². The summed E-state index contributed by atoms with van der Waals surface area (Å²) in [5.41, 5.74) is 1.87. The van der Waals surface area contributed by atoms with Crippen molar-refractivity contribution in [1.29, 1.82) is 0 Å². The number of benzene rings is 1. The molecule has 0 bridgehead atoms. The molecule has 2 aromatic heterocycles. The molecule has 0 aliphatic carbocycles. The van der Waals surface area contributed by atoms with Crippen LogP contribution in [-0.2, 0) is 25.9 Å². The number of rotatable bonds is 3. The average molecular weight is 295 g/mol. The Hall–Kier alpha value is -2.50. The van der Waals surface area contributed by atoms with Gasteiger partial charge in [-0.05, 0) is 30.5 Å². The lowest BCUT2D eigenvalue weighted by Crippen LogP contribution is -2.23. The third-order valence-electron chi connectivity index (χ3n) is 4.29. The summed E-state index contributed by atoms with van der Waals surface area (Å²) < 4.78 is 3.73. The van der Waals surface area contributed by atoms with Crippen LogP contribution in [0.4, 0.5) is 0 Å². The lowest BCUT2D eigenvalue weighted by molar-refractivity contribution is 0.631. The van der Waals surface area contributed by atoms with Gasteiger partial charge in [-0.15, -0.1) is 10.2 Å². The highest BCUT2D eigenvalue weighted by atomic mass is 16.1. The van der Waals surface area contributed by atoms with Gasteiger partial charge in [0.2, 0.25) is 0 Å². The fourth-order valence-electron chi connectivity index (χ4n) is 3.02. The molecule has 22 heavy (non-hydrogen) atoms. The van der Waals surface area contributed by atoms with E-state index in [0.717, 1.165) is 48.5 Å². The Bertz CT molecular complexity index is 909. The molecule has 0 spiro atoms. The highest BCUT2D eigenvalue weighted by Gasteiger charge is 2.18. The van der Waals surface area contributed by atoms with E-state index < -0.39 is 0 Å². The van der Waals surface area contributed by atoms with E-state index in [4.69, 9.17) is 0 Å². The summed E-state index contributed by atoms with van der Waals surface area (Å²) in [5, 5.41) is 9.07. The first-order valence-corrected chi connectivity index (χ1v) is 7.65. The predicted octanol–water partition coefficient (Wildman–Crippen LogP) is 1.54. The van der Waals surface area contributed by atoms with Crippen molar-refractivity contribution in [3.63, 3.8) is 0 Å². The van der Waals surface area contributed by atoms with Gasteiger partial charge in [0.1, 0.15) is 5.82 Å². The summed E-state index contributed by atoms with van der Waals surface area (Å²) in [6, 6.07) is 5.87. The molecule has 1 aliphatic heterocycles. The number of aromatic nitrogens is 5. The molecule has 1 aromatic carbocycles. The van der Waals surface area contributed by atoms with Crippen LogP contribution >= 0.6 is 0 Å². The second-order valence-corrected chi connectivity index (χ2v) is 5.67. The van der Waals surface area contributed by atoms with Gasteiger partial charge in [0.15, 0.2) is 5.82 Å². The fourth-order valence-corrected chi connectivity index (χ4v) is 3.02. The normalized spacial score (nSPS) is 13.7. The molecule has 6 nitrogen and oxygen atoms in total. The summed E-state index contributed by atoms with van der Waals surface area (Å²) in [7, 11) is 0. The summed E-state index contributed by atoms with van der Waals surface area (Å²) in [5.74, 6) is 1.85. The number of aryl methyl sites for hydroxylation is 2. The summed E-state index contributed by atoms with van der Waals surface area (Å²) in [6.45, 7) is 3.44. The van der Waals surface area contributed by atoms with Crippen LogP contribution in [0.15, 0.2) is 29.3 Å². The van der Waals surface area contributed by atoms with Gasteiger partial charge in [0, 0.05) is 13.0 Å². The van der Waals surface area contributed by atoms with E-state index in [2.05, 4.69) is 26.7 Å². The number of hydrogen-bond acceptors (Lipinski definition) is 4. The number of hydrogen-bond donors (Lipinski definition) is 0. The minimum absolute atomic E-state index is 0.0179. The maximum absolute atomic E-state index is 12.7. The largest absolute Gasteiger partial charge is 0.313 e. The number of fused-ring (bicyclic) bond motifs is 2. The van der Waals surface area contributed by atoms with Crippen LogP contribution in [0.1, 0.15) is 30.6 Å². The molecular formula is C16H17N5O. The van der Waals surface area contributed by atoms with Gasteiger partial charge in [0.05, 0.1) is 23.8 Å². The van der Waals surface area contributed by atoms with Crippen molar-refractivity contribution in [3.05, 3.63) is 52.1 Å². The monoisotopic (exact) mass is 295 g/mol. The van der Waals surface area contributed by atoms with E-state index in [9.17, 15) is 4.79 Å². The van der Waals surface area contributed by atoms with E-state index in [0.29, 0.717) is 11.9 Å². The molecule has 0 amide bonds. The first-order valence-electron chi connectivity index (χ1n) is 7.65. The van der Waals surface area contributed by atoms with Crippen LogP contribution < -0.4 is 5.56 Å². The molecule has 0 atom stereocenters. The zero-order valence-corrected chi connectivity index (χ0v) is 12.5. The molecule has 0 fully saturated rings. The lowest BCUT2D eigenvalue weighted by Gasteiger charge is -2.07. The molecule has 112 valence electrons. The Labute approximate surface area is 127 Å². The van der Waals surface area contributed by atoms with Crippen molar-refractivity contribution in [2.24, 2.45) is 0 Å². The molecule has 1 aliphatic rings. The first-order chi connectivity index (χ1) is 10.8. The zero-order chi connectivity index (χ0) is 15.1. The quantitative estimate of drug-likeness (QED) is 0.735. The molecule has 0 radical (unpaired) electrons. The Kier molecular flexibility index (Phi) is 3.03. The summed E-state index contributed by atoms with van der Waals surface area (Å²) >= 11 is 0. The lowest BCUT2D eigenvalue weighted by atomic mass is 10.1. The van der Waals surface area contributed by atoms with Crippen LogP contribution in [0, 0.1) is 0 Å². The van der Waals surface area contributed by atoms with E-state index in [1.807, 2.05) is 18.2 Å². The SMILES string of the molecule is CCc1ccc2ncn(Cc3nnc4n3CCC4)c(=O)c2c1. The van der Waals surface area contributed by atoms with Crippen LogP contribution in [0.2, 0.25) is 0 Å². The second-order valence-electron chi connectivity index (χ2n) is 5.67. The van der Waals surface area contributed by atoms with Crippen LogP contribution in [-0.4, -0.2) is 24.3 Å². The summed E-state index contributed by atoms with van der Waals surface area (Å²) in [4.78, 5) is 17.1. The standard InChI is InChI=1S/C16H17N5O/c1-2-11-5-6-13-12(8-11)16(22)20(10-17-13)9-15-19-18-14-4-3-7-21(14)15/h5-6,8,10H,2-4,7,9H2,1H3. The van der Waals surface area contributed by atoms with Gasteiger partial charge in [0.25, 0.3) is 5.56 Å². The van der Waals surface area contributed by atoms with Crippen LogP contribution in [0.5, 0.6) is 0 Å². The Morgan fingerprint density at radius 2 is 2.18 bits per heavy atom. The minimum Gasteiger partial charge on any atom is -0.313 e. The second kappa shape index (κ2) is 5.05. The Morgan fingerprint density at radius 1 is 1.27 bits per heavy atom. The topological polar surface area (TPSA) is 65.6 Å². The molecule has 0 N–H and O–H groups in total. The molecule has 0 saturated heterocycles. The third-order valence-corrected chi connectivity index (χ3v) is 4.29. The van der Waals surface area contributed by atoms with Gasteiger partial charge in [-0.3, -0.25) is 9.36 Å². The van der Waals surface area contributed by atoms with Crippen molar-refractivity contribution >= 4 is 10.9 Å². The van der Waals surface area contributed by atoms with Gasteiger partial charge in [-0.2, -0.15) is 0 Å². The van der Waals surface area contributed by atoms with E-state index in [-0.39, 0.29) is 5.56 Å².